The normalized spacial score (nSPS) is 22.4. The fourth-order valence-electron chi connectivity index (χ4n) is 12.1. The Kier molecular flexibility index (Phi) is 19.8. The van der Waals surface area contributed by atoms with Gasteiger partial charge in [-0.05, 0) is 115 Å². The van der Waals surface area contributed by atoms with Gasteiger partial charge in [0.25, 0.3) is 0 Å². The Bertz CT molecular complexity index is 3360. The standard InChI is InChI=1S/C65H76N10O11/c1-83-57-33-44-32-56-64(81)75-38-48(86-65(82)68-28-25-66)35-55(75)62(79)70-51(22-19-40-11-5-3-6-12-40)59(76)72-53(31-45-36-69-50-16-10-9-15-49(45)50)61(78)71-52(29-42-23-26-67-27-24-42)60(77)73-54(63(80)74(56)37-46(44)34-58(57)84-2)30-41-17-20-47(21-18-41)85-39-43-13-7-4-8-14-43/h3-18,20-21,33-34,36,42,48,51-56,67,69H,19,22-32,35,37-39,66H2,1-2H3,(H,68,82)(H,70,79)(H,71,78)(H,72,76)(H,73,77)/t48-,51+,52+,53-,54+,55+,56+/m1/s1. The number of aromatic amines is 1. The van der Waals surface area contributed by atoms with Gasteiger partial charge in [0, 0.05) is 62.4 Å². The lowest BCUT2D eigenvalue weighted by atomic mass is 9.89. The van der Waals surface area contributed by atoms with E-state index in [4.69, 9.17) is 24.7 Å². The van der Waals surface area contributed by atoms with Crippen LogP contribution in [0.15, 0.2) is 128 Å². The van der Waals surface area contributed by atoms with E-state index in [2.05, 4.69) is 36.9 Å². The zero-order valence-electron chi connectivity index (χ0n) is 48.5. The molecule has 0 bridgehead atoms. The topological polar surface area (TPSA) is 277 Å². The van der Waals surface area contributed by atoms with E-state index in [1.165, 1.54) is 24.0 Å². The SMILES string of the molecule is COc1cc2c(cc1OC)CN1C(=O)[C@H](Cc3ccc(OCc4ccccc4)cc3)NC(=O)[C@H](CC3CCNCC3)NC(=O)[C@@H](Cc3c[nH]c4ccccc34)NC(=O)[C@H](CCc3ccccc3)NC(=O)[C@@H]3C[C@@H](OC(=O)NCCN)CN3C(=O)[C@@H]1C2. The predicted octanol–water partition coefficient (Wildman–Crippen LogP) is 4.13. The van der Waals surface area contributed by atoms with Crippen LogP contribution in [0.5, 0.6) is 17.2 Å². The molecule has 3 fully saturated rings. The lowest BCUT2D eigenvalue weighted by Crippen LogP contribution is -2.63. The van der Waals surface area contributed by atoms with Gasteiger partial charge in [0.15, 0.2) is 11.5 Å². The molecule has 86 heavy (non-hydrogen) atoms. The van der Waals surface area contributed by atoms with Gasteiger partial charge in [-0.25, -0.2) is 4.79 Å². The first-order chi connectivity index (χ1) is 41.8. The number of amides is 7. The molecule has 3 saturated heterocycles. The van der Waals surface area contributed by atoms with Crippen LogP contribution < -0.4 is 51.8 Å². The van der Waals surface area contributed by atoms with Gasteiger partial charge in [-0.2, -0.15) is 0 Å². The van der Waals surface area contributed by atoms with Crippen molar-refractivity contribution in [2.24, 2.45) is 11.7 Å². The van der Waals surface area contributed by atoms with Crippen molar-refractivity contribution in [2.45, 2.75) is 113 Å². The van der Waals surface area contributed by atoms with Gasteiger partial charge in [0.1, 0.15) is 54.7 Å². The highest BCUT2D eigenvalue weighted by molar-refractivity contribution is 5.99. The van der Waals surface area contributed by atoms with E-state index in [9.17, 15) is 4.79 Å². The van der Waals surface area contributed by atoms with Gasteiger partial charge in [-0.15, -0.1) is 0 Å². The number of carbonyl (C=O) groups excluding carboxylic acids is 7. The van der Waals surface area contributed by atoms with E-state index >= 15 is 28.8 Å². The van der Waals surface area contributed by atoms with E-state index in [-0.39, 0.29) is 70.6 Å². The highest BCUT2D eigenvalue weighted by Crippen LogP contribution is 2.37. The van der Waals surface area contributed by atoms with Gasteiger partial charge in [0.2, 0.25) is 35.4 Å². The number of H-pyrrole nitrogens is 1. The summed E-state index contributed by atoms with van der Waals surface area (Å²) < 4.78 is 23.4. The van der Waals surface area contributed by atoms with Gasteiger partial charge in [-0.1, -0.05) is 91.0 Å². The second-order valence-corrected chi connectivity index (χ2v) is 22.5. The predicted molar refractivity (Wildman–Crippen MR) is 321 cm³/mol. The number of para-hydroxylation sites is 1. The van der Waals surface area contributed by atoms with Crippen LogP contribution >= 0.6 is 0 Å². The van der Waals surface area contributed by atoms with Crippen LogP contribution in [0.1, 0.15) is 65.5 Å². The molecular formula is C65H76N10O11. The fourth-order valence-corrected chi connectivity index (χ4v) is 12.1. The number of ether oxygens (including phenoxy) is 4. The maximum Gasteiger partial charge on any atom is 0.407 e. The molecule has 7 atom stereocenters. The van der Waals surface area contributed by atoms with Crippen molar-refractivity contribution < 1.29 is 52.5 Å². The zero-order valence-corrected chi connectivity index (χ0v) is 48.5. The first kappa shape index (κ1) is 60.2. The lowest BCUT2D eigenvalue weighted by molar-refractivity contribution is -0.151. The van der Waals surface area contributed by atoms with Crippen molar-refractivity contribution in [1.29, 1.82) is 0 Å². The number of benzene rings is 5. The highest BCUT2D eigenvalue weighted by atomic mass is 16.6. The molecule has 0 radical (unpaired) electrons. The number of nitrogens with zero attached hydrogens (tertiary/aromatic N) is 2. The van der Waals surface area contributed by atoms with Crippen molar-refractivity contribution >= 4 is 52.4 Å². The molecule has 4 aliphatic rings. The van der Waals surface area contributed by atoms with Crippen LogP contribution in [0.2, 0.25) is 0 Å². The summed E-state index contributed by atoms with van der Waals surface area (Å²) in [6.45, 7) is 1.55. The number of fused-ring (bicyclic) bond motifs is 4. The summed E-state index contributed by atoms with van der Waals surface area (Å²) in [5.74, 6) is -2.61. The van der Waals surface area contributed by atoms with Gasteiger partial charge in [0.05, 0.1) is 20.8 Å². The fraction of sp³-hybridized carbons (Fsp3) is 0.400. The molecule has 0 saturated carbocycles. The molecule has 5 aromatic carbocycles. The van der Waals surface area contributed by atoms with Gasteiger partial charge < -0.3 is 71.4 Å². The maximum absolute atomic E-state index is 16.1. The largest absolute Gasteiger partial charge is 0.493 e. The first-order valence-corrected chi connectivity index (χ1v) is 29.6. The number of piperidine rings is 1. The first-order valence-electron chi connectivity index (χ1n) is 29.6. The van der Waals surface area contributed by atoms with Crippen molar-refractivity contribution in [3.05, 3.63) is 161 Å². The zero-order chi connectivity index (χ0) is 60.1. The summed E-state index contributed by atoms with van der Waals surface area (Å²) >= 11 is 0. The average molecular weight is 1170 g/mol. The minimum Gasteiger partial charge on any atom is -0.493 e. The van der Waals surface area contributed by atoms with Crippen LogP contribution in [0.4, 0.5) is 4.79 Å². The molecule has 0 aliphatic carbocycles. The van der Waals surface area contributed by atoms with Crippen LogP contribution in [0, 0.1) is 5.92 Å². The highest BCUT2D eigenvalue weighted by Gasteiger charge is 2.48. The summed E-state index contributed by atoms with van der Waals surface area (Å²) in [4.78, 5) is 112. The number of aromatic nitrogens is 1. The van der Waals surface area contributed by atoms with Crippen LogP contribution in [0.25, 0.3) is 10.9 Å². The summed E-state index contributed by atoms with van der Waals surface area (Å²) in [5.41, 5.74) is 11.0. The van der Waals surface area contributed by atoms with E-state index in [0.717, 1.165) is 22.0 Å². The van der Waals surface area contributed by atoms with Crippen LogP contribution in [-0.4, -0.2) is 146 Å². The Morgan fingerprint density at radius 1 is 0.651 bits per heavy atom. The second kappa shape index (κ2) is 28.3. The molecule has 1 aromatic heterocycles. The number of carbonyl (C=O) groups is 7. The summed E-state index contributed by atoms with van der Waals surface area (Å²) in [5, 5.41) is 18.9. The number of rotatable bonds is 17. The molecule has 6 aromatic rings. The maximum atomic E-state index is 16.1. The van der Waals surface area contributed by atoms with Gasteiger partial charge >= 0.3 is 6.09 Å². The number of methoxy groups -OCH3 is 2. The number of hydrogen-bond acceptors (Lipinski definition) is 13. The molecule has 21 heteroatoms. The minimum absolute atomic E-state index is 0.0116. The number of hydrogen-bond donors (Lipinski definition) is 8. The Labute approximate surface area is 499 Å². The van der Waals surface area contributed by atoms with Crippen LogP contribution in [-0.2, 0) is 72.3 Å². The Morgan fingerprint density at radius 2 is 1.29 bits per heavy atom. The molecular weight excluding hydrogens is 1100 g/mol. The van der Waals surface area contributed by atoms with Crippen molar-refractivity contribution in [3.63, 3.8) is 0 Å². The second-order valence-electron chi connectivity index (χ2n) is 22.5. The third-order valence-corrected chi connectivity index (χ3v) is 16.8. The molecule has 0 spiro atoms. The van der Waals surface area contributed by atoms with Crippen molar-refractivity contribution in [3.8, 4) is 17.2 Å². The Hall–Kier alpha value is -8.95. The minimum atomic E-state index is -1.34. The monoisotopic (exact) mass is 1170 g/mol. The molecule has 0 unspecified atom stereocenters. The van der Waals surface area contributed by atoms with E-state index < -0.39 is 83.9 Å². The quantitative estimate of drug-likeness (QED) is 0.0639. The lowest BCUT2D eigenvalue weighted by Gasteiger charge is -2.41. The summed E-state index contributed by atoms with van der Waals surface area (Å²) in [6, 6.07) is 29.7. The van der Waals surface area contributed by atoms with Crippen LogP contribution in [0.3, 0.4) is 0 Å². The summed E-state index contributed by atoms with van der Waals surface area (Å²) in [7, 11) is 2.99. The molecule has 7 amide bonds. The Balaban J connectivity index is 1.08. The van der Waals surface area contributed by atoms with Gasteiger partial charge in [-0.3, -0.25) is 28.8 Å². The Morgan fingerprint density at radius 3 is 2.01 bits per heavy atom. The number of nitrogens with one attached hydrogen (secondary N) is 7. The molecule has 452 valence electrons. The van der Waals surface area contributed by atoms with E-state index in [0.29, 0.717) is 78.5 Å². The number of nitrogens with two attached hydrogens (primary N) is 1. The third-order valence-electron chi connectivity index (χ3n) is 16.8. The van der Waals surface area contributed by atoms with Crippen molar-refractivity contribution in [2.75, 3.05) is 46.9 Å². The average Bonchev–Trinajstić information content (AvgIpc) is 1.45. The van der Waals surface area contributed by atoms with Crippen molar-refractivity contribution in [1.82, 2.24) is 46.7 Å². The molecule has 9 N–H and O–H groups in total. The van der Waals surface area contributed by atoms with E-state index in [1.54, 1.807) is 30.5 Å². The molecule has 5 heterocycles. The summed E-state index contributed by atoms with van der Waals surface area (Å²) in [6.07, 6.45) is 1.69. The third kappa shape index (κ3) is 14.7. The molecule has 4 aliphatic heterocycles. The van der Waals surface area contributed by atoms with E-state index in [1.807, 2.05) is 97.1 Å². The number of alkyl carbamates (subject to hydrolysis) is 1. The number of aryl methyl sites for hydroxylation is 1. The molecule has 21 nitrogen and oxygen atoms in total. The molecule has 10 rings (SSSR count). The smallest absolute Gasteiger partial charge is 0.407 e.